The molecule has 1 amide bonds. The van der Waals surface area contributed by atoms with E-state index in [0.717, 1.165) is 24.8 Å². The van der Waals surface area contributed by atoms with Gasteiger partial charge in [0.25, 0.3) is 5.91 Å². The molecule has 3 rings (SSSR count). The van der Waals surface area contributed by atoms with Gasteiger partial charge in [0.1, 0.15) is 5.00 Å². The maximum absolute atomic E-state index is 12.9. The number of anilines is 1. The Bertz CT molecular complexity index is 903. The second-order valence-corrected chi connectivity index (χ2v) is 10.4. The van der Waals surface area contributed by atoms with Crippen LogP contribution in [0.1, 0.15) is 84.7 Å². The van der Waals surface area contributed by atoms with Gasteiger partial charge in [-0.3, -0.25) is 4.79 Å². The summed E-state index contributed by atoms with van der Waals surface area (Å²) in [5.74, 6) is 0.0461. The normalized spacial score (nSPS) is 16.4. The highest BCUT2D eigenvalue weighted by molar-refractivity contribution is 7.17. The number of nitrogens with one attached hydrogen (secondary N) is 1. The summed E-state index contributed by atoms with van der Waals surface area (Å²) in [5, 5.41) is 3.60. The van der Waals surface area contributed by atoms with E-state index in [4.69, 9.17) is 4.74 Å². The van der Waals surface area contributed by atoms with Gasteiger partial charge in [0, 0.05) is 10.4 Å². The summed E-state index contributed by atoms with van der Waals surface area (Å²) in [5.41, 5.74) is 3.39. The Morgan fingerprint density at radius 3 is 2.41 bits per heavy atom. The summed E-state index contributed by atoms with van der Waals surface area (Å²) < 4.78 is 5.49. The molecule has 0 aliphatic heterocycles. The summed E-state index contributed by atoms with van der Waals surface area (Å²) in [6.45, 7) is 12.3. The molecule has 1 aromatic carbocycles. The second kappa shape index (κ2) is 8.31. The van der Waals surface area contributed by atoms with Crippen LogP contribution in [0.15, 0.2) is 24.3 Å². The van der Waals surface area contributed by atoms with Crippen molar-refractivity contribution in [3.8, 4) is 0 Å². The Morgan fingerprint density at radius 2 is 1.83 bits per heavy atom. The minimum Gasteiger partial charge on any atom is -0.459 e. The number of carbonyl (C=O) groups excluding carboxylic acids is 2. The fourth-order valence-corrected chi connectivity index (χ4v) is 5.02. The molecule has 4 nitrogen and oxygen atoms in total. The van der Waals surface area contributed by atoms with E-state index >= 15 is 0 Å². The second-order valence-electron chi connectivity index (χ2n) is 9.29. The summed E-state index contributed by atoms with van der Waals surface area (Å²) >= 11 is 1.52. The van der Waals surface area contributed by atoms with Crippen LogP contribution in [0.2, 0.25) is 0 Å². The number of fused-ring (bicyclic) bond motifs is 1. The Morgan fingerprint density at radius 1 is 1.17 bits per heavy atom. The van der Waals surface area contributed by atoms with E-state index in [1.165, 1.54) is 21.8 Å². The number of carbonyl (C=O) groups is 2. The first-order valence-corrected chi connectivity index (χ1v) is 11.1. The van der Waals surface area contributed by atoms with E-state index in [1.54, 1.807) is 0 Å². The van der Waals surface area contributed by atoms with Crippen LogP contribution < -0.4 is 5.32 Å². The molecular formula is C24H31NO3S. The Balaban J connectivity index is 1.89. The molecule has 0 bridgehead atoms. The largest absolute Gasteiger partial charge is 0.459 e. The minimum absolute atomic E-state index is 0.0340. The molecule has 2 aromatic rings. The zero-order chi connectivity index (χ0) is 21.3. The van der Waals surface area contributed by atoms with Crippen molar-refractivity contribution < 1.29 is 14.3 Å². The van der Waals surface area contributed by atoms with Crippen molar-refractivity contribution in [2.75, 3.05) is 5.32 Å². The van der Waals surface area contributed by atoms with Gasteiger partial charge in [-0.1, -0.05) is 39.8 Å². The average molecular weight is 414 g/mol. The van der Waals surface area contributed by atoms with Gasteiger partial charge in [-0.25, -0.2) is 4.79 Å². The summed E-state index contributed by atoms with van der Waals surface area (Å²) in [7, 11) is 0. The maximum atomic E-state index is 12.9. The van der Waals surface area contributed by atoms with Crippen molar-refractivity contribution in [3.05, 3.63) is 51.4 Å². The van der Waals surface area contributed by atoms with Crippen molar-refractivity contribution in [2.24, 2.45) is 5.92 Å². The van der Waals surface area contributed by atoms with E-state index in [9.17, 15) is 9.59 Å². The van der Waals surface area contributed by atoms with E-state index in [-0.39, 0.29) is 23.4 Å². The number of rotatable bonds is 4. The lowest BCUT2D eigenvalue weighted by Gasteiger charge is -2.19. The third kappa shape index (κ3) is 4.89. The molecule has 1 heterocycles. The molecule has 0 fully saturated rings. The Labute approximate surface area is 177 Å². The third-order valence-corrected chi connectivity index (χ3v) is 6.47. The molecule has 0 spiro atoms. The number of thiophene rings is 1. The van der Waals surface area contributed by atoms with Crippen LogP contribution in [0.25, 0.3) is 0 Å². The summed E-state index contributed by atoms with van der Waals surface area (Å²) in [6, 6.07) is 7.67. The molecule has 156 valence electrons. The van der Waals surface area contributed by atoms with Gasteiger partial charge in [0.05, 0.1) is 11.7 Å². The van der Waals surface area contributed by atoms with Crippen LogP contribution in [0.5, 0.6) is 0 Å². The number of benzene rings is 1. The van der Waals surface area contributed by atoms with Crippen LogP contribution >= 0.6 is 11.3 Å². The predicted molar refractivity (Wildman–Crippen MR) is 119 cm³/mol. The highest BCUT2D eigenvalue weighted by Crippen LogP contribution is 2.40. The molecule has 1 aliphatic carbocycles. The topological polar surface area (TPSA) is 55.4 Å². The first-order chi connectivity index (χ1) is 13.6. The number of hydrogen-bond acceptors (Lipinski definition) is 4. The Hall–Kier alpha value is -2.14. The predicted octanol–water partition coefficient (Wildman–Crippen LogP) is 5.99. The molecule has 1 aromatic heterocycles. The van der Waals surface area contributed by atoms with Crippen LogP contribution in [0.4, 0.5) is 5.00 Å². The van der Waals surface area contributed by atoms with Crippen LogP contribution in [0.3, 0.4) is 0 Å². The van der Waals surface area contributed by atoms with Crippen molar-refractivity contribution in [3.63, 3.8) is 0 Å². The molecule has 1 atom stereocenters. The third-order valence-electron chi connectivity index (χ3n) is 5.30. The highest BCUT2D eigenvalue weighted by atomic mass is 32.1. The van der Waals surface area contributed by atoms with Crippen molar-refractivity contribution in [1.29, 1.82) is 0 Å². The molecule has 29 heavy (non-hydrogen) atoms. The zero-order valence-corrected chi connectivity index (χ0v) is 19.0. The number of hydrogen-bond donors (Lipinski definition) is 1. The first kappa shape index (κ1) is 21.6. The molecule has 5 heteroatoms. The van der Waals surface area contributed by atoms with Gasteiger partial charge in [-0.2, -0.15) is 0 Å². The van der Waals surface area contributed by atoms with Crippen molar-refractivity contribution in [2.45, 2.75) is 72.3 Å². The highest BCUT2D eigenvalue weighted by Gasteiger charge is 2.29. The van der Waals surface area contributed by atoms with E-state index in [0.29, 0.717) is 22.0 Å². The van der Waals surface area contributed by atoms with Gasteiger partial charge < -0.3 is 10.1 Å². The van der Waals surface area contributed by atoms with Crippen LogP contribution in [-0.2, 0) is 23.0 Å². The van der Waals surface area contributed by atoms with Gasteiger partial charge in [-0.15, -0.1) is 11.3 Å². The molecule has 0 saturated heterocycles. The minimum atomic E-state index is -0.342. The molecule has 1 aliphatic rings. The lowest BCUT2D eigenvalue weighted by atomic mass is 9.86. The van der Waals surface area contributed by atoms with Gasteiger partial charge in [-0.05, 0) is 67.7 Å². The van der Waals surface area contributed by atoms with Crippen molar-refractivity contribution in [1.82, 2.24) is 0 Å². The molecule has 1 N–H and O–H groups in total. The standard InChI is InChI=1S/C24H31NO3S/c1-14(2)28-23(27)20-18-12-7-15(3)13-19(18)29-22(20)25-21(26)16-8-10-17(11-9-16)24(4,5)6/h8-11,14-15H,7,12-13H2,1-6H3,(H,25,26)/t15-/m0/s1. The molecule has 0 saturated carbocycles. The monoisotopic (exact) mass is 413 g/mol. The number of ether oxygens (including phenoxy) is 1. The number of esters is 1. The van der Waals surface area contributed by atoms with E-state index in [2.05, 4.69) is 33.0 Å². The SMILES string of the molecule is CC(C)OC(=O)c1c(NC(=O)c2ccc(C(C)(C)C)cc2)sc2c1CC[C@H](C)C2. The fraction of sp³-hybridized carbons (Fsp3) is 0.500. The quantitative estimate of drug-likeness (QED) is 0.627. The summed E-state index contributed by atoms with van der Waals surface area (Å²) in [6.07, 6.45) is 2.64. The fourth-order valence-electron chi connectivity index (χ4n) is 3.62. The zero-order valence-electron chi connectivity index (χ0n) is 18.2. The van der Waals surface area contributed by atoms with E-state index < -0.39 is 0 Å². The molecule has 0 unspecified atom stereocenters. The molecular weight excluding hydrogens is 382 g/mol. The van der Waals surface area contributed by atoms with Gasteiger partial charge in [0.2, 0.25) is 0 Å². The van der Waals surface area contributed by atoms with Gasteiger partial charge >= 0.3 is 5.97 Å². The number of amides is 1. The van der Waals surface area contributed by atoms with Crippen molar-refractivity contribution >= 4 is 28.2 Å². The lowest BCUT2D eigenvalue weighted by Crippen LogP contribution is -2.19. The van der Waals surface area contributed by atoms with Crippen LogP contribution in [0, 0.1) is 5.92 Å². The summed E-state index contributed by atoms with van der Waals surface area (Å²) in [4.78, 5) is 26.9. The van der Waals surface area contributed by atoms with Crippen LogP contribution in [-0.4, -0.2) is 18.0 Å². The molecule has 0 radical (unpaired) electrons. The smallest absolute Gasteiger partial charge is 0.341 e. The van der Waals surface area contributed by atoms with Gasteiger partial charge in [0.15, 0.2) is 0 Å². The Kier molecular flexibility index (Phi) is 6.18. The lowest BCUT2D eigenvalue weighted by molar-refractivity contribution is 0.0378. The van der Waals surface area contributed by atoms with E-state index in [1.807, 2.05) is 38.1 Å². The average Bonchev–Trinajstić information content (AvgIpc) is 2.97. The first-order valence-electron chi connectivity index (χ1n) is 10.3. The maximum Gasteiger partial charge on any atom is 0.341 e.